The van der Waals surface area contributed by atoms with Gasteiger partial charge in [0.15, 0.2) is 21.7 Å². The molecule has 1 aliphatic heterocycles. The molecule has 1 saturated heterocycles. The zero-order valence-corrected chi connectivity index (χ0v) is 22.0. The summed E-state index contributed by atoms with van der Waals surface area (Å²) in [5, 5.41) is -7.95. The van der Waals surface area contributed by atoms with Gasteiger partial charge in [-0.15, -0.1) is 0 Å². The molecule has 0 aromatic carbocycles. The molecule has 0 bridgehead atoms. The summed E-state index contributed by atoms with van der Waals surface area (Å²) in [6, 6.07) is 0. The van der Waals surface area contributed by atoms with Crippen LogP contribution in [0, 0.1) is 5.41 Å². The molecule has 0 saturated carbocycles. The molecule has 0 aromatic rings. The standard InChI is InChI=1S/C10H19OS.C8HF17O3S/c1-4-9(11)7-12-6-5-10(2,3)8-12;9-1(10,3(13,14)5(17,18)7(21,22)23)2(11,12)4(15,16)6(19,20)8(24,25)29(26,27)28/h4-8H2,1-3H3;(H,26,27,28)/q+1;/p-1. The topological polar surface area (TPSA) is 74.3 Å². The summed E-state index contributed by atoms with van der Waals surface area (Å²) in [4.78, 5) is 11.2. The Morgan fingerprint density at radius 1 is 0.707 bits per heavy atom. The van der Waals surface area contributed by atoms with Crippen LogP contribution in [0.15, 0.2) is 0 Å². The second kappa shape index (κ2) is 11.3. The predicted molar refractivity (Wildman–Crippen MR) is 106 cm³/mol. The fourth-order valence-corrected chi connectivity index (χ4v) is 6.46. The largest absolute Gasteiger partial charge is 0.743 e. The summed E-state index contributed by atoms with van der Waals surface area (Å²) in [5.74, 6) is -48.3. The predicted octanol–water partition coefficient (Wildman–Crippen LogP) is 6.51. The van der Waals surface area contributed by atoms with Crippen LogP contribution in [0.1, 0.15) is 33.6 Å². The van der Waals surface area contributed by atoms with Gasteiger partial charge < -0.3 is 4.55 Å². The molecule has 1 heterocycles. The summed E-state index contributed by atoms with van der Waals surface area (Å²) in [5.41, 5.74) is 0.511. The van der Waals surface area contributed by atoms with Crippen molar-refractivity contribution in [3.8, 4) is 0 Å². The van der Waals surface area contributed by atoms with E-state index in [4.69, 9.17) is 0 Å². The Bertz CT molecular complexity index is 1050. The highest BCUT2D eigenvalue weighted by molar-refractivity contribution is 7.97. The average molecular weight is 686 g/mol. The van der Waals surface area contributed by atoms with Crippen LogP contribution in [-0.4, -0.2) is 83.0 Å². The van der Waals surface area contributed by atoms with Crippen molar-refractivity contribution in [2.45, 2.75) is 80.6 Å². The van der Waals surface area contributed by atoms with Crippen LogP contribution >= 0.6 is 0 Å². The number of hydrogen-bond acceptors (Lipinski definition) is 4. The molecule has 41 heavy (non-hydrogen) atoms. The van der Waals surface area contributed by atoms with Gasteiger partial charge in [0.1, 0.15) is 11.5 Å². The zero-order chi connectivity index (χ0) is 33.7. The van der Waals surface area contributed by atoms with E-state index in [1.54, 1.807) is 0 Å². The third-order valence-corrected chi connectivity index (χ3v) is 9.01. The molecule has 246 valence electrons. The van der Waals surface area contributed by atoms with E-state index in [9.17, 15) is 92.4 Å². The van der Waals surface area contributed by atoms with Gasteiger partial charge in [-0.25, -0.2) is 8.42 Å². The summed E-state index contributed by atoms with van der Waals surface area (Å²) < 4.78 is 244. The molecule has 0 radical (unpaired) electrons. The van der Waals surface area contributed by atoms with E-state index in [1.807, 2.05) is 6.92 Å². The molecule has 4 nitrogen and oxygen atoms in total. The Hall–Kier alpha value is -1.26. The van der Waals surface area contributed by atoms with Crippen molar-refractivity contribution in [1.29, 1.82) is 0 Å². The van der Waals surface area contributed by atoms with Crippen LogP contribution in [0.25, 0.3) is 0 Å². The number of carbonyl (C=O) groups excluding carboxylic acids is 1. The van der Waals surface area contributed by atoms with E-state index < -0.39 is 57.1 Å². The smallest absolute Gasteiger partial charge is 0.460 e. The zero-order valence-electron chi connectivity index (χ0n) is 20.4. The number of rotatable bonds is 10. The second-order valence-corrected chi connectivity index (χ2v) is 13.0. The van der Waals surface area contributed by atoms with Gasteiger partial charge >= 0.3 is 47.0 Å². The van der Waals surface area contributed by atoms with Crippen LogP contribution in [0.4, 0.5) is 74.6 Å². The van der Waals surface area contributed by atoms with Gasteiger partial charge in [0.25, 0.3) is 0 Å². The Balaban J connectivity index is 0.00000110. The highest BCUT2D eigenvalue weighted by Crippen LogP contribution is 2.64. The van der Waals surface area contributed by atoms with Gasteiger partial charge in [0, 0.05) is 18.3 Å². The molecule has 0 N–H and O–H groups in total. The lowest BCUT2D eigenvalue weighted by molar-refractivity contribution is -0.458. The second-order valence-electron chi connectivity index (χ2n) is 9.33. The maximum absolute atomic E-state index is 13.0. The Kier molecular flexibility index (Phi) is 11.0. The first-order valence-electron chi connectivity index (χ1n) is 10.4. The van der Waals surface area contributed by atoms with E-state index in [2.05, 4.69) is 13.8 Å². The molecule has 0 aliphatic carbocycles. The lowest BCUT2D eigenvalue weighted by Gasteiger charge is -2.42. The van der Waals surface area contributed by atoms with Crippen molar-refractivity contribution in [2.75, 3.05) is 17.3 Å². The molecule has 1 rings (SSSR count). The van der Waals surface area contributed by atoms with Crippen LogP contribution in [0.5, 0.6) is 0 Å². The van der Waals surface area contributed by atoms with Crippen molar-refractivity contribution in [1.82, 2.24) is 0 Å². The monoisotopic (exact) mass is 686 g/mol. The van der Waals surface area contributed by atoms with Gasteiger partial charge in [-0.05, 0) is 10.9 Å². The molecular formula is C18H19F17O4S2. The van der Waals surface area contributed by atoms with E-state index in [0.29, 0.717) is 22.1 Å². The van der Waals surface area contributed by atoms with Crippen LogP contribution in [-0.2, 0) is 25.8 Å². The van der Waals surface area contributed by atoms with Crippen LogP contribution < -0.4 is 0 Å². The third kappa shape index (κ3) is 6.79. The van der Waals surface area contributed by atoms with Crippen molar-refractivity contribution < 1.29 is 92.4 Å². The molecule has 23 heteroatoms. The first-order valence-corrected chi connectivity index (χ1v) is 13.5. The average Bonchev–Trinajstić information content (AvgIpc) is 3.09. The first-order chi connectivity index (χ1) is 17.5. The minimum atomic E-state index is -8.92. The Morgan fingerprint density at radius 2 is 1.05 bits per heavy atom. The van der Waals surface area contributed by atoms with E-state index >= 15 is 0 Å². The van der Waals surface area contributed by atoms with E-state index in [0.717, 1.165) is 12.2 Å². The third-order valence-electron chi connectivity index (χ3n) is 5.43. The van der Waals surface area contributed by atoms with Gasteiger partial charge in [-0.3, -0.25) is 4.79 Å². The lowest BCUT2D eigenvalue weighted by atomic mass is 9.91. The van der Waals surface area contributed by atoms with Gasteiger partial charge in [-0.1, -0.05) is 20.8 Å². The van der Waals surface area contributed by atoms with Gasteiger partial charge in [0.2, 0.25) is 0 Å². The Morgan fingerprint density at radius 3 is 1.32 bits per heavy atom. The number of hydrogen-bond donors (Lipinski definition) is 0. The molecular weight excluding hydrogens is 667 g/mol. The van der Waals surface area contributed by atoms with Gasteiger partial charge in [0.05, 0.1) is 0 Å². The van der Waals surface area contributed by atoms with Crippen molar-refractivity contribution in [2.24, 2.45) is 5.41 Å². The Labute approximate surface area is 223 Å². The molecule has 0 spiro atoms. The van der Waals surface area contributed by atoms with Crippen molar-refractivity contribution in [3.63, 3.8) is 0 Å². The SMILES string of the molecule is CCC(=O)C[S+]1CCC(C)(C)C1.O=S(=O)([O-])C(F)(F)C(F)(F)C(F)(F)C(F)(F)C(F)(F)C(F)(F)C(F)(F)C(F)(F)F. The number of carbonyl (C=O) groups is 1. The fraction of sp³-hybridized carbons (Fsp3) is 0.944. The highest BCUT2D eigenvalue weighted by atomic mass is 32.2. The minimum absolute atomic E-state index is 0.424. The summed E-state index contributed by atoms with van der Waals surface area (Å²) in [6.45, 7) is 6.60. The minimum Gasteiger partial charge on any atom is -0.743 e. The maximum Gasteiger partial charge on any atom is 0.460 e. The van der Waals surface area contributed by atoms with Crippen LogP contribution in [0.2, 0.25) is 0 Å². The van der Waals surface area contributed by atoms with Gasteiger partial charge in [-0.2, -0.15) is 74.6 Å². The number of halogens is 17. The molecule has 1 fully saturated rings. The molecule has 1 atom stereocenters. The van der Waals surface area contributed by atoms with Crippen molar-refractivity contribution >= 4 is 26.8 Å². The molecule has 1 aliphatic rings. The number of alkyl halides is 17. The maximum atomic E-state index is 13.0. The quantitative estimate of drug-likeness (QED) is 0.149. The van der Waals surface area contributed by atoms with Crippen molar-refractivity contribution in [3.05, 3.63) is 0 Å². The molecule has 0 aromatic heterocycles. The van der Waals surface area contributed by atoms with E-state index in [1.165, 1.54) is 17.9 Å². The number of ketones is 1. The first kappa shape index (κ1) is 39.7. The molecule has 1 unspecified atom stereocenters. The summed E-state index contributed by atoms with van der Waals surface area (Å²) >= 11 is 0. The lowest BCUT2D eigenvalue weighted by Crippen LogP contribution is -2.75. The number of Topliss-reactive ketones (excluding diaryl/α,β-unsaturated/α-hetero) is 1. The van der Waals surface area contributed by atoms with E-state index in [-0.39, 0.29) is 0 Å². The summed E-state index contributed by atoms with van der Waals surface area (Å²) in [7, 11) is -7.72. The molecule has 0 amide bonds. The summed E-state index contributed by atoms with van der Waals surface area (Å²) in [6.07, 6.45) is -5.85. The van der Waals surface area contributed by atoms with Crippen LogP contribution in [0.3, 0.4) is 0 Å². The highest BCUT2D eigenvalue weighted by Gasteiger charge is 2.95. The fourth-order valence-electron chi connectivity index (χ4n) is 2.88. The normalized spacial score (nSPS) is 20.0.